The molecule has 0 aliphatic rings. The van der Waals surface area contributed by atoms with Gasteiger partial charge in [-0.05, 0) is 41.1 Å². The van der Waals surface area contributed by atoms with Crippen molar-refractivity contribution in [3.05, 3.63) is 86.5 Å². The molecule has 0 atom stereocenters. The minimum atomic E-state index is -0.261. The second-order valence-corrected chi connectivity index (χ2v) is 6.62. The Labute approximate surface area is 166 Å². The summed E-state index contributed by atoms with van der Waals surface area (Å²) in [5.41, 5.74) is 11.8. The lowest BCUT2D eigenvalue weighted by Crippen LogP contribution is -2.24. The Hall–Kier alpha value is -3.10. The van der Waals surface area contributed by atoms with Crippen LogP contribution in [0.5, 0.6) is 0 Å². The zero-order chi connectivity index (χ0) is 19.2. The van der Waals surface area contributed by atoms with Crippen LogP contribution in [0.3, 0.4) is 0 Å². The lowest BCUT2D eigenvalue weighted by atomic mass is 10.0. The fourth-order valence-corrected chi connectivity index (χ4v) is 2.88. The van der Waals surface area contributed by atoms with Gasteiger partial charge in [0.15, 0.2) is 9.88 Å². The average molecular weight is 396 g/mol. The number of aromatic amines is 2. The van der Waals surface area contributed by atoms with E-state index >= 15 is 0 Å². The maximum atomic E-state index is 12.4. The van der Waals surface area contributed by atoms with Gasteiger partial charge in [-0.1, -0.05) is 54.6 Å². The normalized spacial score (nSPS) is 10.8. The zero-order valence-corrected chi connectivity index (χ0v) is 15.9. The molecule has 6 nitrogen and oxygen atoms in total. The largest absolute Gasteiger partial charge is 0.375 e. The van der Waals surface area contributed by atoms with E-state index in [9.17, 15) is 4.79 Å². The van der Waals surface area contributed by atoms with Crippen LogP contribution in [-0.4, -0.2) is 21.3 Å². The van der Waals surface area contributed by atoms with E-state index in [2.05, 4.69) is 32.6 Å². The van der Waals surface area contributed by atoms with Crippen molar-refractivity contribution in [3.8, 4) is 11.1 Å². The fourth-order valence-electron chi connectivity index (χ4n) is 2.63. The minimum absolute atomic E-state index is 0.0349. The van der Waals surface area contributed by atoms with E-state index in [4.69, 9.17) is 30.2 Å². The highest BCUT2D eigenvalue weighted by Crippen LogP contribution is 2.20. The summed E-state index contributed by atoms with van der Waals surface area (Å²) in [5.74, 6) is 0. The predicted octanol–water partition coefficient (Wildman–Crippen LogP) is 2.86. The number of benzene rings is 2. The van der Waals surface area contributed by atoms with Crippen LogP contribution in [0, 0.1) is 4.77 Å². The highest BCUT2D eigenvalue weighted by Gasteiger charge is 2.09. The molecule has 2 aromatic carbocycles. The smallest absolute Gasteiger partial charge is 0.255 e. The molecule has 3 aromatic rings. The van der Waals surface area contributed by atoms with Crippen LogP contribution in [0.25, 0.3) is 11.1 Å². The van der Waals surface area contributed by atoms with E-state index in [1.54, 1.807) is 0 Å². The second-order valence-electron chi connectivity index (χ2n) is 5.77. The molecule has 0 fully saturated rings. The summed E-state index contributed by atoms with van der Waals surface area (Å²) in [6.07, 6.45) is 1.86. The Morgan fingerprint density at radius 2 is 1.74 bits per heavy atom. The van der Waals surface area contributed by atoms with Crippen LogP contribution in [0.2, 0.25) is 0 Å². The van der Waals surface area contributed by atoms with Crippen molar-refractivity contribution in [3.63, 3.8) is 0 Å². The highest BCUT2D eigenvalue weighted by atomic mass is 32.1. The number of thiocarbonyl (C=S) groups is 1. The summed E-state index contributed by atoms with van der Waals surface area (Å²) in [7, 11) is 0. The Morgan fingerprint density at radius 3 is 2.41 bits per heavy atom. The van der Waals surface area contributed by atoms with Gasteiger partial charge in [-0.25, -0.2) is 0 Å². The average Bonchev–Trinajstić information content (AvgIpc) is 2.65. The first-order chi connectivity index (χ1) is 13.0. The first kappa shape index (κ1) is 18.7. The molecule has 0 radical (unpaired) electrons. The number of nitrogens with one attached hydrogen (secondary N) is 3. The predicted molar refractivity (Wildman–Crippen MR) is 114 cm³/mol. The van der Waals surface area contributed by atoms with Crippen molar-refractivity contribution >= 4 is 35.8 Å². The van der Waals surface area contributed by atoms with E-state index in [0.717, 1.165) is 16.7 Å². The number of hydrazone groups is 1. The lowest BCUT2D eigenvalue weighted by Gasteiger charge is -2.07. The van der Waals surface area contributed by atoms with Crippen LogP contribution in [0.1, 0.15) is 16.8 Å². The molecule has 0 amide bonds. The molecule has 0 aliphatic carbocycles. The van der Waals surface area contributed by atoms with E-state index in [-0.39, 0.29) is 15.4 Å². The van der Waals surface area contributed by atoms with E-state index < -0.39 is 0 Å². The summed E-state index contributed by atoms with van der Waals surface area (Å²) in [6.45, 7) is 0. The fraction of sp³-hybridized carbons (Fsp3) is 0.0526. The van der Waals surface area contributed by atoms with Crippen molar-refractivity contribution in [1.82, 2.24) is 15.4 Å². The molecule has 5 N–H and O–H groups in total. The first-order valence-electron chi connectivity index (χ1n) is 8.11. The SMILES string of the molecule is NC(=S)N/N=C/c1[nH]c(=S)[nH]c(=O)c1Cc1ccc(-c2ccccc2)cc1. The Kier molecular flexibility index (Phi) is 5.90. The van der Waals surface area contributed by atoms with Gasteiger partial charge in [0.1, 0.15) is 0 Å². The van der Waals surface area contributed by atoms with Gasteiger partial charge in [-0.3, -0.25) is 15.2 Å². The maximum absolute atomic E-state index is 12.4. The monoisotopic (exact) mass is 395 g/mol. The molecule has 0 bridgehead atoms. The minimum Gasteiger partial charge on any atom is -0.375 e. The van der Waals surface area contributed by atoms with Crippen LogP contribution >= 0.6 is 24.4 Å². The Morgan fingerprint density at radius 1 is 1.07 bits per heavy atom. The molecule has 8 heteroatoms. The molecule has 1 heterocycles. The number of hydrogen-bond donors (Lipinski definition) is 4. The molecule has 136 valence electrons. The molecular formula is C19H17N5OS2. The Bertz CT molecular complexity index is 1090. The quantitative estimate of drug-likeness (QED) is 0.302. The van der Waals surface area contributed by atoms with Crippen molar-refractivity contribution in [2.24, 2.45) is 10.8 Å². The van der Waals surface area contributed by atoms with E-state index in [1.165, 1.54) is 6.21 Å². The van der Waals surface area contributed by atoms with E-state index in [1.807, 2.05) is 42.5 Å². The molecule has 27 heavy (non-hydrogen) atoms. The van der Waals surface area contributed by atoms with Gasteiger partial charge in [0.05, 0.1) is 11.9 Å². The van der Waals surface area contributed by atoms with Gasteiger partial charge >= 0.3 is 0 Å². The third-order valence-corrected chi connectivity index (χ3v) is 4.18. The van der Waals surface area contributed by atoms with Gasteiger partial charge < -0.3 is 10.7 Å². The lowest BCUT2D eigenvalue weighted by molar-refractivity contribution is 0.987. The van der Waals surface area contributed by atoms with E-state index in [0.29, 0.717) is 17.7 Å². The third-order valence-electron chi connectivity index (χ3n) is 3.88. The number of nitrogens with zero attached hydrogens (tertiary/aromatic N) is 1. The van der Waals surface area contributed by atoms with Crippen molar-refractivity contribution < 1.29 is 0 Å². The number of rotatable bonds is 5. The van der Waals surface area contributed by atoms with Crippen molar-refractivity contribution in [1.29, 1.82) is 0 Å². The van der Waals surface area contributed by atoms with Gasteiger partial charge in [-0.2, -0.15) is 5.10 Å². The summed E-state index contributed by atoms with van der Waals surface area (Å²) >= 11 is 9.75. The van der Waals surface area contributed by atoms with Gasteiger partial charge in [0.25, 0.3) is 5.56 Å². The number of aromatic nitrogens is 2. The van der Waals surface area contributed by atoms with Crippen LogP contribution in [0.4, 0.5) is 0 Å². The zero-order valence-electron chi connectivity index (χ0n) is 14.2. The summed E-state index contributed by atoms with van der Waals surface area (Å²) in [6, 6.07) is 18.2. The molecule has 0 spiro atoms. The van der Waals surface area contributed by atoms with Gasteiger partial charge in [-0.15, -0.1) is 0 Å². The molecule has 0 aliphatic heterocycles. The first-order valence-corrected chi connectivity index (χ1v) is 8.93. The number of nitrogens with two attached hydrogens (primary N) is 1. The summed E-state index contributed by atoms with van der Waals surface area (Å²) in [4.78, 5) is 17.9. The van der Waals surface area contributed by atoms with Gasteiger partial charge in [0.2, 0.25) is 0 Å². The third kappa shape index (κ3) is 4.96. The van der Waals surface area contributed by atoms with Crippen LogP contribution in [-0.2, 0) is 6.42 Å². The van der Waals surface area contributed by atoms with Crippen molar-refractivity contribution in [2.75, 3.05) is 0 Å². The topological polar surface area (TPSA) is 99.1 Å². The molecular weight excluding hydrogens is 378 g/mol. The van der Waals surface area contributed by atoms with Crippen molar-refractivity contribution in [2.45, 2.75) is 6.42 Å². The number of hydrogen-bond acceptors (Lipinski definition) is 4. The molecule has 3 rings (SSSR count). The second kappa shape index (κ2) is 8.52. The standard InChI is InChI=1S/C19H17N5OS2/c20-18(26)24-21-11-16-15(17(25)23-19(27)22-16)10-12-6-8-14(9-7-12)13-4-2-1-3-5-13/h1-9,11H,10H2,(H3,20,24,26)(H2,22,23,25,27)/b21-11+. The highest BCUT2D eigenvalue weighted by molar-refractivity contribution is 7.80. The molecule has 0 saturated carbocycles. The van der Waals surface area contributed by atoms with Crippen LogP contribution < -0.4 is 16.7 Å². The number of H-pyrrole nitrogens is 2. The maximum Gasteiger partial charge on any atom is 0.255 e. The van der Waals surface area contributed by atoms with Crippen LogP contribution in [0.15, 0.2) is 64.5 Å². The summed E-state index contributed by atoms with van der Waals surface area (Å²) in [5, 5.41) is 3.94. The Balaban J connectivity index is 1.89. The molecule has 1 aromatic heterocycles. The summed E-state index contributed by atoms with van der Waals surface area (Å²) < 4.78 is 0.222. The molecule has 0 saturated heterocycles. The molecule has 0 unspecified atom stereocenters. The van der Waals surface area contributed by atoms with Gasteiger partial charge in [0, 0.05) is 12.0 Å².